The van der Waals surface area contributed by atoms with E-state index in [9.17, 15) is 4.39 Å². The lowest BCUT2D eigenvalue weighted by atomic mass is 10.3. The third kappa shape index (κ3) is 2.17. The van der Waals surface area contributed by atoms with E-state index in [1.807, 2.05) is 30.3 Å². The number of rotatable bonds is 2. The number of nitrogens with one attached hydrogen (secondary N) is 1. The van der Waals surface area contributed by atoms with Crippen LogP contribution in [0.2, 0.25) is 0 Å². The highest BCUT2D eigenvalue weighted by atomic mass is 32.2. The quantitative estimate of drug-likeness (QED) is 0.693. The second kappa shape index (κ2) is 4.22. The number of hydrogen-bond donors (Lipinski definition) is 1. The van der Waals surface area contributed by atoms with Gasteiger partial charge in [0.2, 0.25) is 5.95 Å². The number of fused-ring (bicyclic) bond motifs is 1. The molecule has 2 aromatic heterocycles. The molecule has 0 fully saturated rings. The van der Waals surface area contributed by atoms with Crippen LogP contribution in [-0.2, 0) is 0 Å². The molecule has 0 amide bonds. The van der Waals surface area contributed by atoms with Gasteiger partial charge in [0.05, 0.1) is 5.03 Å². The van der Waals surface area contributed by atoms with Gasteiger partial charge in [-0.1, -0.05) is 36.0 Å². The first-order valence-corrected chi connectivity index (χ1v) is 6.01. The highest BCUT2D eigenvalue weighted by molar-refractivity contribution is 7.99. The van der Waals surface area contributed by atoms with Gasteiger partial charge in [0, 0.05) is 10.9 Å². The zero-order chi connectivity index (χ0) is 11.7. The van der Waals surface area contributed by atoms with Crippen LogP contribution in [0.5, 0.6) is 0 Å². The fourth-order valence-electron chi connectivity index (χ4n) is 1.66. The minimum Gasteiger partial charge on any atom is -0.349 e. The van der Waals surface area contributed by atoms with Crippen molar-refractivity contribution < 1.29 is 4.39 Å². The molecule has 0 bridgehead atoms. The molecule has 0 aliphatic heterocycles. The summed E-state index contributed by atoms with van der Waals surface area (Å²) in [6.07, 6.45) is 0. The zero-order valence-corrected chi connectivity index (χ0v) is 9.67. The van der Waals surface area contributed by atoms with Crippen molar-refractivity contribution in [3.05, 3.63) is 54.5 Å². The molecule has 0 radical (unpaired) electrons. The van der Waals surface area contributed by atoms with Gasteiger partial charge in [0.15, 0.2) is 0 Å². The second-order valence-corrected chi connectivity index (χ2v) is 4.68. The van der Waals surface area contributed by atoms with E-state index < -0.39 is 5.95 Å². The van der Waals surface area contributed by atoms with Gasteiger partial charge in [-0.25, -0.2) is 4.98 Å². The maximum Gasteiger partial charge on any atom is 0.213 e. The van der Waals surface area contributed by atoms with E-state index in [-0.39, 0.29) is 0 Å². The normalized spacial score (nSPS) is 10.9. The summed E-state index contributed by atoms with van der Waals surface area (Å²) in [5.74, 6) is -0.453. The van der Waals surface area contributed by atoms with Crippen LogP contribution in [0.3, 0.4) is 0 Å². The SMILES string of the molecule is Fc1cccc(Sc2cc3ccccc3[nH]2)n1. The lowest BCUT2D eigenvalue weighted by Gasteiger charge is -1.96. The Bertz CT molecular complexity index is 630. The number of para-hydroxylation sites is 1. The first-order valence-electron chi connectivity index (χ1n) is 5.19. The average molecular weight is 244 g/mol. The number of aromatic amines is 1. The summed E-state index contributed by atoms with van der Waals surface area (Å²) in [6.45, 7) is 0. The van der Waals surface area contributed by atoms with E-state index in [4.69, 9.17) is 0 Å². The molecule has 2 nitrogen and oxygen atoms in total. The maximum atomic E-state index is 12.9. The fraction of sp³-hybridized carbons (Fsp3) is 0. The molecule has 0 saturated heterocycles. The van der Waals surface area contributed by atoms with Crippen molar-refractivity contribution in [2.24, 2.45) is 0 Å². The van der Waals surface area contributed by atoms with Gasteiger partial charge in [-0.05, 0) is 24.3 Å². The number of aromatic nitrogens is 2. The molecule has 3 aromatic rings. The molecule has 4 heteroatoms. The van der Waals surface area contributed by atoms with Crippen molar-refractivity contribution in [1.29, 1.82) is 0 Å². The average Bonchev–Trinajstić information content (AvgIpc) is 2.71. The van der Waals surface area contributed by atoms with Crippen LogP contribution in [0, 0.1) is 5.95 Å². The number of halogens is 1. The highest BCUT2D eigenvalue weighted by Gasteiger charge is 2.03. The summed E-state index contributed by atoms with van der Waals surface area (Å²) in [5, 5.41) is 2.76. The third-order valence-corrected chi connectivity index (χ3v) is 3.29. The molecule has 2 heterocycles. The molecule has 0 aliphatic rings. The summed E-state index contributed by atoms with van der Waals surface area (Å²) in [5.41, 5.74) is 1.08. The largest absolute Gasteiger partial charge is 0.349 e. The predicted molar refractivity (Wildman–Crippen MR) is 66.6 cm³/mol. The van der Waals surface area contributed by atoms with E-state index >= 15 is 0 Å². The van der Waals surface area contributed by atoms with E-state index in [0.717, 1.165) is 15.9 Å². The van der Waals surface area contributed by atoms with Crippen LogP contribution in [0.4, 0.5) is 4.39 Å². The van der Waals surface area contributed by atoms with Crippen molar-refractivity contribution in [2.75, 3.05) is 0 Å². The van der Waals surface area contributed by atoms with Crippen molar-refractivity contribution in [2.45, 2.75) is 10.1 Å². The van der Waals surface area contributed by atoms with Crippen LogP contribution in [-0.4, -0.2) is 9.97 Å². The van der Waals surface area contributed by atoms with Crippen LogP contribution in [0.25, 0.3) is 10.9 Å². The Hall–Kier alpha value is -1.81. The van der Waals surface area contributed by atoms with E-state index in [1.54, 1.807) is 12.1 Å². The van der Waals surface area contributed by atoms with Crippen molar-refractivity contribution in [3.8, 4) is 0 Å². The molecule has 0 spiro atoms. The summed E-state index contributed by atoms with van der Waals surface area (Å²) in [6, 6.07) is 14.8. The number of H-pyrrole nitrogens is 1. The third-order valence-electron chi connectivity index (χ3n) is 2.41. The van der Waals surface area contributed by atoms with Gasteiger partial charge in [-0.15, -0.1) is 0 Å². The Morgan fingerprint density at radius 3 is 2.76 bits per heavy atom. The Morgan fingerprint density at radius 1 is 1.06 bits per heavy atom. The fourth-order valence-corrected chi connectivity index (χ4v) is 2.51. The van der Waals surface area contributed by atoms with Crippen LogP contribution in [0.15, 0.2) is 58.6 Å². The molecule has 0 saturated carbocycles. The maximum absolute atomic E-state index is 12.9. The first kappa shape index (κ1) is 10.4. The van der Waals surface area contributed by atoms with E-state index in [1.165, 1.54) is 17.8 Å². The smallest absolute Gasteiger partial charge is 0.213 e. The monoisotopic (exact) mass is 244 g/mol. The first-order chi connectivity index (χ1) is 8.31. The topological polar surface area (TPSA) is 28.7 Å². The van der Waals surface area contributed by atoms with E-state index in [0.29, 0.717) is 5.03 Å². The van der Waals surface area contributed by atoms with Crippen molar-refractivity contribution in [1.82, 2.24) is 9.97 Å². The molecular formula is C13H9FN2S. The standard InChI is InChI=1S/C13H9FN2S/c14-11-6-3-7-12(16-11)17-13-8-9-4-1-2-5-10(9)15-13/h1-8,15H. The zero-order valence-electron chi connectivity index (χ0n) is 8.85. The molecule has 1 N–H and O–H groups in total. The number of hydrogen-bond acceptors (Lipinski definition) is 2. The molecule has 0 aliphatic carbocycles. The predicted octanol–water partition coefficient (Wildman–Crippen LogP) is 3.85. The number of pyridine rings is 1. The van der Waals surface area contributed by atoms with Crippen LogP contribution < -0.4 is 0 Å². The summed E-state index contributed by atoms with van der Waals surface area (Å²) >= 11 is 1.42. The van der Waals surface area contributed by atoms with Crippen molar-refractivity contribution >= 4 is 22.7 Å². The number of nitrogens with zero attached hydrogens (tertiary/aromatic N) is 1. The van der Waals surface area contributed by atoms with Crippen molar-refractivity contribution in [3.63, 3.8) is 0 Å². The second-order valence-electron chi connectivity index (χ2n) is 3.62. The lowest BCUT2D eigenvalue weighted by Crippen LogP contribution is -1.83. The van der Waals surface area contributed by atoms with Gasteiger partial charge in [0.25, 0.3) is 0 Å². The summed E-state index contributed by atoms with van der Waals surface area (Å²) in [4.78, 5) is 7.08. The molecule has 17 heavy (non-hydrogen) atoms. The van der Waals surface area contributed by atoms with Gasteiger partial charge in [-0.2, -0.15) is 4.39 Å². The van der Waals surface area contributed by atoms with Gasteiger partial charge >= 0.3 is 0 Å². The Morgan fingerprint density at radius 2 is 1.94 bits per heavy atom. The highest BCUT2D eigenvalue weighted by Crippen LogP contribution is 2.28. The number of benzene rings is 1. The van der Waals surface area contributed by atoms with Gasteiger partial charge in [-0.3, -0.25) is 0 Å². The van der Waals surface area contributed by atoms with Gasteiger partial charge in [0.1, 0.15) is 5.03 Å². The molecule has 0 atom stereocenters. The summed E-state index contributed by atoms with van der Waals surface area (Å²) < 4.78 is 12.9. The Labute approximate surface area is 102 Å². The Balaban J connectivity index is 1.94. The van der Waals surface area contributed by atoms with Gasteiger partial charge < -0.3 is 4.98 Å². The minimum atomic E-state index is -0.453. The molecular weight excluding hydrogens is 235 g/mol. The Kier molecular flexibility index (Phi) is 2.57. The minimum absolute atomic E-state index is 0.453. The molecule has 3 rings (SSSR count). The summed E-state index contributed by atoms with van der Waals surface area (Å²) in [7, 11) is 0. The van der Waals surface area contributed by atoms with Crippen LogP contribution >= 0.6 is 11.8 Å². The van der Waals surface area contributed by atoms with E-state index in [2.05, 4.69) is 9.97 Å². The lowest BCUT2D eigenvalue weighted by molar-refractivity contribution is 0.572. The molecule has 84 valence electrons. The molecule has 1 aromatic carbocycles. The molecule has 0 unspecified atom stereocenters. The van der Waals surface area contributed by atoms with Crippen LogP contribution in [0.1, 0.15) is 0 Å².